The summed E-state index contributed by atoms with van der Waals surface area (Å²) in [5.41, 5.74) is 1.32. The Morgan fingerprint density at radius 1 is 1.02 bits per heavy atom. The molecule has 0 unspecified atom stereocenters. The van der Waals surface area contributed by atoms with Crippen LogP contribution < -0.4 is 15.6 Å². The minimum absolute atomic E-state index is 0.101. The SMILES string of the molecule is CCOc1c(F)c(F)cc(C(=O)Nc2ccc(C3CCN(C(=O)c4nc5ccccc5n(C)c4=O)CC3)cc2)c1F. The molecule has 1 N–H and O–H groups in total. The number of benzene rings is 3. The summed E-state index contributed by atoms with van der Waals surface area (Å²) in [7, 11) is 1.62. The second-order valence-electron chi connectivity index (χ2n) is 9.75. The number of halogens is 3. The summed E-state index contributed by atoms with van der Waals surface area (Å²) < 4.78 is 48.7. The molecule has 11 heteroatoms. The minimum atomic E-state index is -1.49. The molecule has 0 saturated carbocycles. The fourth-order valence-corrected chi connectivity index (χ4v) is 5.04. The van der Waals surface area contributed by atoms with Crippen LogP contribution in [0.25, 0.3) is 11.0 Å². The van der Waals surface area contributed by atoms with Crippen molar-refractivity contribution in [2.75, 3.05) is 25.0 Å². The van der Waals surface area contributed by atoms with E-state index < -0.39 is 46.1 Å². The topological polar surface area (TPSA) is 93.5 Å². The van der Waals surface area contributed by atoms with E-state index in [2.05, 4.69) is 10.3 Å². The van der Waals surface area contributed by atoms with Crippen molar-refractivity contribution >= 4 is 28.5 Å². The lowest BCUT2D eigenvalue weighted by Crippen LogP contribution is -2.41. The quantitative estimate of drug-likeness (QED) is 0.332. The summed E-state index contributed by atoms with van der Waals surface area (Å²) in [6.07, 6.45) is 1.32. The number of ether oxygens (including phenoxy) is 1. The van der Waals surface area contributed by atoms with Crippen LogP contribution in [0.2, 0.25) is 0 Å². The first kappa shape index (κ1) is 27.9. The molecule has 0 atom stereocenters. The summed E-state index contributed by atoms with van der Waals surface area (Å²) in [6.45, 7) is 2.26. The molecular formula is C30H27F3N4O4. The first-order chi connectivity index (χ1) is 19.7. The van der Waals surface area contributed by atoms with Crippen LogP contribution in [-0.2, 0) is 7.05 Å². The highest BCUT2D eigenvalue weighted by molar-refractivity contribution is 6.04. The first-order valence-corrected chi connectivity index (χ1v) is 13.2. The molecule has 2 heterocycles. The largest absolute Gasteiger partial charge is 0.488 e. The van der Waals surface area contributed by atoms with Gasteiger partial charge in [-0.15, -0.1) is 0 Å². The Morgan fingerprint density at radius 2 is 1.71 bits per heavy atom. The van der Waals surface area contributed by atoms with Crippen molar-refractivity contribution in [3.63, 3.8) is 0 Å². The highest BCUT2D eigenvalue weighted by Crippen LogP contribution is 2.31. The Morgan fingerprint density at radius 3 is 2.39 bits per heavy atom. The van der Waals surface area contributed by atoms with Crippen LogP contribution in [0.1, 0.15) is 52.1 Å². The monoisotopic (exact) mass is 564 g/mol. The molecule has 1 aromatic heterocycles. The number of anilines is 1. The van der Waals surface area contributed by atoms with Gasteiger partial charge in [0.25, 0.3) is 17.4 Å². The van der Waals surface area contributed by atoms with Gasteiger partial charge in [-0.25, -0.2) is 13.8 Å². The van der Waals surface area contributed by atoms with E-state index in [-0.39, 0.29) is 18.2 Å². The molecular weight excluding hydrogens is 537 g/mol. The van der Waals surface area contributed by atoms with Gasteiger partial charge in [0.05, 0.1) is 23.2 Å². The molecule has 0 radical (unpaired) electrons. The number of para-hydroxylation sites is 2. The molecule has 212 valence electrons. The standard InChI is InChI=1S/C30H27F3N4O4/c1-3-41-27-24(32)20(16-21(31)25(27)33)28(38)34-19-10-8-17(9-11-19)18-12-14-37(15-13-18)30(40)26-29(39)36(2)23-7-5-4-6-22(23)35-26/h4-11,16,18H,3,12-15H2,1-2H3,(H,34,38). The first-order valence-electron chi connectivity index (χ1n) is 13.2. The van der Waals surface area contributed by atoms with Crippen LogP contribution in [0.5, 0.6) is 5.75 Å². The van der Waals surface area contributed by atoms with Crippen LogP contribution in [-0.4, -0.2) is 46.0 Å². The molecule has 0 bridgehead atoms. The van der Waals surface area contributed by atoms with Gasteiger partial charge in [-0.3, -0.25) is 14.4 Å². The molecule has 5 rings (SSSR count). The lowest BCUT2D eigenvalue weighted by Gasteiger charge is -2.32. The maximum absolute atomic E-state index is 14.6. The lowest BCUT2D eigenvalue weighted by molar-refractivity contribution is 0.0704. The number of hydrogen-bond donors (Lipinski definition) is 1. The summed E-state index contributed by atoms with van der Waals surface area (Å²) in [4.78, 5) is 44.6. The maximum Gasteiger partial charge on any atom is 0.282 e. The van der Waals surface area contributed by atoms with Crippen molar-refractivity contribution in [2.45, 2.75) is 25.7 Å². The third kappa shape index (κ3) is 5.39. The zero-order valence-corrected chi connectivity index (χ0v) is 22.4. The maximum atomic E-state index is 14.6. The van der Waals surface area contributed by atoms with Crippen LogP contribution in [0.3, 0.4) is 0 Å². The average molecular weight is 565 g/mol. The minimum Gasteiger partial charge on any atom is -0.488 e. The van der Waals surface area contributed by atoms with Crippen molar-refractivity contribution in [1.82, 2.24) is 14.5 Å². The van der Waals surface area contributed by atoms with E-state index in [4.69, 9.17) is 4.74 Å². The normalized spacial score (nSPS) is 13.8. The van der Waals surface area contributed by atoms with Crippen LogP contribution in [0.15, 0.2) is 59.4 Å². The second kappa shape index (κ2) is 11.4. The molecule has 1 aliphatic heterocycles. The number of carbonyl (C=O) groups is 2. The average Bonchev–Trinajstić information content (AvgIpc) is 2.99. The van der Waals surface area contributed by atoms with Gasteiger partial charge >= 0.3 is 0 Å². The smallest absolute Gasteiger partial charge is 0.282 e. The van der Waals surface area contributed by atoms with Gasteiger partial charge in [-0.2, -0.15) is 4.39 Å². The molecule has 3 aromatic carbocycles. The lowest BCUT2D eigenvalue weighted by atomic mass is 9.89. The fraction of sp³-hybridized carbons (Fsp3) is 0.267. The van der Waals surface area contributed by atoms with Crippen molar-refractivity contribution < 1.29 is 27.5 Å². The van der Waals surface area contributed by atoms with Crippen molar-refractivity contribution in [3.8, 4) is 5.75 Å². The predicted molar refractivity (Wildman–Crippen MR) is 147 cm³/mol. The van der Waals surface area contributed by atoms with Gasteiger partial charge in [0, 0.05) is 25.8 Å². The number of piperidine rings is 1. The van der Waals surface area contributed by atoms with Crippen molar-refractivity contribution in [3.05, 3.63) is 99.2 Å². The van der Waals surface area contributed by atoms with E-state index in [1.54, 1.807) is 48.3 Å². The summed E-state index contributed by atoms with van der Waals surface area (Å²) in [5, 5.41) is 2.49. The number of nitrogens with zero attached hydrogens (tertiary/aromatic N) is 3. The Kier molecular flexibility index (Phi) is 7.78. The summed E-state index contributed by atoms with van der Waals surface area (Å²) >= 11 is 0. The third-order valence-electron chi connectivity index (χ3n) is 7.26. The van der Waals surface area contributed by atoms with Gasteiger partial charge in [0.1, 0.15) is 0 Å². The molecule has 41 heavy (non-hydrogen) atoms. The molecule has 4 aromatic rings. The number of amides is 2. The number of rotatable bonds is 6. The zero-order valence-electron chi connectivity index (χ0n) is 22.4. The summed E-state index contributed by atoms with van der Waals surface area (Å²) in [6, 6.07) is 14.5. The second-order valence-corrected chi connectivity index (χ2v) is 9.75. The number of aromatic nitrogens is 2. The molecule has 1 aliphatic rings. The van der Waals surface area contributed by atoms with Gasteiger partial charge in [-0.1, -0.05) is 24.3 Å². The van der Waals surface area contributed by atoms with Crippen LogP contribution >= 0.6 is 0 Å². The van der Waals surface area contributed by atoms with E-state index in [0.29, 0.717) is 48.7 Å². The molecule has 0 aliphatic carbocycles. The fourth-order valence-electron chi connectivity index (χ4n) is 5.04. The van der Waals surface area contributed by atoms with E-state index in [0.717, 1.165) is 5.56 Å². The Hall–Kier alpha value is -4.67. The Balaban J connectivity index is 1.24. The molecule has 8 nitrogen and oxygen atoms in total. The van der Waals surface area contributed by atoms with Crippen molar-refractivity contribution in [1.29, 1.82) is 0 Å². The molecule has 2 amide bonds. The van der Waals surface area contributed by atoms with E-state index in [1.165, 1.54) is 11.5 Å². The van der Waals surface area contributed by atoms with Gasteiger partial charge in [0.2, 0.25) is 5.82 Å². The van der Waals surface area contributed by atoms with Crippen LogP contribution in [0.4, 0.5) is 18.9 Å². The molecule has 1 saturated heterocycles. The van der Waals surface area contributed by atoms with E-state index >= 15 is 0 Å². The Labute approximate surface area is 233 Å². The van der Waals surface area contributed by atoms with E-state index in [1.807, 2.05) is 12.1 Å². The van der Waals surface area contributed by atoms with Gasteiger partial charge in [0.15, 0.2) is 23.1 Å². The van der Waals surface area contributed by atoms with E-state index in [9.17, 15) is 27.6 Å². The Bertz CT molecular complexity index is 1700. The number of aryl methyl sites for hydroxylation is 1. The number of carbonyl (C=O) groups excluding carboxylic acids is 2. The third-order valence-corrected chi connectivity index (χ3v) is 7.26. The van der Waals surface area contributed by atoms with Crippen molar-refractivity contribution in [2.24, 2.45) is 7.05 Å². The highest BCUT2D eigenvalue weighted by Gasteiger charge is 2.28. The number of fused-ring (bicyclic) bond motifs is 1. The van der Waals surface area contributed by atoms with Crippen LogP contribution in [0, 0.1) is 17.5 Å². The zero-order chi connectivity index (χ0) is 29.3. The highest BCUT2D eigenvalue weighted by atomic mass is 19.2. The summed E-state index contributed by atoms with van der Waals surface area (Å²) in [5.74, 6) is -6.31. The molecule has 0 spiro atoms. The van der Waals surface area contributed by atoms with Gasteiger partial charge < -0.3 is 19.5 Å². The number of hydrogen-bond acceptors (Lipinski definition) is 5. The predicted octanol–water partition coefficient (Wildman–Crippen LogP) is 5.02. The number of likely N-dealkylation sites (tertiary alicyclic amines) is 1. The van der Waals surface area contributed by atoms with Gasteiger partial charge in [-0.05, 0) is 61.6 Å². The number of nitrogens with one attached hydrogen (secondary N) is 1. The molecule has 1 fully saturated rings.